The molecule has 0 aliphatic heterocycles. The lowest BCUT2D eigenvalue weighted by atomic mass is 10.0. The van der Waals surface area contributed by atoms with Crippen molar-refractivity contribution in [2.24, 2.45) is 0 Å². The van der Waals surface area contributed by atoms with Gasteiger partial charge in [0.15, 0.2) is 6.29 Å². The van der Waals surface area contributed by atoms with E-state index in [4.69, 9.17) is 5.11 Å². The van der Waals surface area contributed by atoms with Crippen LogP contribution in [0.4, 0.5) is 4.39 Å². The zero-order chi connectivity index (χ0) is 13.1. The Balaban J connectivity index is 2.39. The fourth-order valence-corrected chi connectivity index (χ4v) is 1.61. The van der Waals surface area contributed by atoms with Crippen LogP contribution in [0.3, 0.4) is 0 Å². The van der Waals surface area contributed by atoms with Crippen LogP contribution in [0, 0.1) is 5.82 Å². The van der Waals surface area contributed by atoms with Crippen molar-refractivity contribution in [3.05, 3.63) is 59.4 Å². The summed E-state index contributed by atoms with van der Waals surface area (Å²) in [5, 5.41) is 8.76. The first-order valence-corrected chi connectivity index (χ1v) is 5.20. The highest BCUT2D eigenvalue weighted by Crippen LogP contribution is 2.22. The number of hydrogen-bond acceptors (Lipinski definition) is 2. The van der Waals surface area contributed by atoms with Crippen LogP contribution in [0.25, 0.3) is 11.1 Å². The standard InChI is InChI=1S/C14H9FO3/c15-13-7-11(5-6-12(13)8-16)9-1-3-10(4-2-9)14(17)18/h1-8H,(H,17,18). The summed E-state index contributed by atoms with van der Waals surface area (Å²) < 4.78 is 13.4. The first kappa shape index (κ1) is 12.0. The SMILES string of the molecule is O=Cc1ccc(-c2ccc(C(=O)O)cc2)cc1F. The van der Waals surface area contributed by atoms with Crippen molar-refractivity contribution in [3.63, 3.8) is 0 Å². The van der Waals surface area contributed by atoms with Crippen LogP contribution in [0.5, 0.6) is 0 Å². The fraction of sp³-hybridized carbons (Fsp3) is 0. The maximum Gasteiger partial charge on any atom is 0.335 e. The van der Waals surface area contributed by atoms with Crippen molar-refractivity contribution in [1.82, 2.24) is 0 Å². The second-order valence-electron chi connectivity index (χ2n) is 3.74. The smallest absolute Gasteiger partial charge is 0.335 e. The quantitative estimate of drug-likeness (QED) is 0.844. The maximum atomic E-state index is 13.4. The predicted octanol–water partition coefficient (Wildman–Crippen LogP) is 3.00. The van der Waals surface area contributed by atoms with Gasteiger partial charge >= 0.3 is 5.97 Å². The van der Waals surface area contributed by atoms with E-state index in [9.17, 15) is 14.0 Å². The first-order chi connectivity index (χ1) is 8.61. The number of rotatable bonds is 3. The number of aldehydes is 1. The van der Waals surface area contributed by atoms with E-state index in [2.05, 4.69) is 0 Å². The van der Waals surface area contributed by atoms with Crippen molar-refractivity contribution in [1.29, 1.82) is 0 Å². The molecule has 0 atom stereocenters. The number of halogens is 1. The zero-order valence-corrected chi connectivity index (χ0v) is 9.26. The second-order valence-corrected chi connectivity index (χ2v) is 3.74. The molecule has 0 radical (unpaired) electrons. The minimum Gasteiger partial charge on any atom is -0.478 e. The molecule has 4 heteroatoms. The normalized spacial score (nSPS) is 10.1. The lowest BCUT2D eigenvalue weighted by Gasteiger charge is -2.03. The van der Waals surface area contributed by atoms with Gasteiger partial charge in [0.25, 0.3) is 0 Å². The second kappa shape index (κ2) is 4.79. The summed E-state index contributed by atoms with van der Waals surface area (Å²) in [6.45, 7) is 0. The lowest BCUT2D eigenvalue weighted by molar-refractivity contribution is 0.0696. The molecular weight excluding hydrogens is 235 g/mol. The van der Waals surface area contributed by atoms with Crippen molar-refractivity contribution in [3.8, 4) is 11.1 Å². The molecule has 0 aromatic heterocycles. The van der Waals surface area contributed by atoms with Crippen LogP contribution in [-0.4, -0.2) is 17.4 Å². The van der Waals surface area contributed by atoms with Crippen molar-refractivity contribution in [2.75, 3.05) is 0 Å². The minimum atomic E-state index is -1.01. The van der Waals surface area contributed by atoms with Gasteiger partial charge in [-0.3, -0.25) is 4.79 Å². The van der Waals surface area contributed by atoms with Gasteiger partial charge in [-0.15, -0.1) is 0 Å². The Kier molecular flexibility index (Phi) is 3.19. The van der Waals surface area contributed by atoms with Gasteiger partial charge in [0.05, 0.1) is 11.1 Å². The third kappa shape index (κ3) is 2.27. The third-order valence-corrected chi connectivity index (χ3v) is 2.59. The minimum absolute atomic E-state index is 0.000839. The van der Waals surface area contributed by atoms with Crippen LogP contribution >= 0.6 is 0 Å². The Morgan fingerprint density at radius 3 is 2.17 bits per heavy atom. The molecule has 0 unspecified atom stereocenters. The summed E-state index contributed by atoms with van der Waals surface area (Å²) in [7, 11) is 0. The number of carboxylic acids is 1. The summed E-state index contributed by atoms with van der Waals surface area (Å²) in [6, 6.07) is 10.3. The Bertz CT molecular complexity index is 603. The molecule has 1 N–H and O–H groups in total. The van der Waals surface area contributed by atoms with E-state index < -0.39 is 11.8 Å². The molecule has 2 aromatic carbocycles. The predicted molar refractivity (Wildman–Crippen MR) is 64.2 cm³/mol. The maximum absolute atomic E-state index is 13.4. The van der Waals surface area contributed by atoms with Crippen LogP contribution in [0.15, 0.2) is 42.5 Å². The van der Waals surface area contributed by atoms with Crippen molar-refractivity contribution in [2.45, 2.75) is 0 Å². The molecule has 0 aliphatic carbocycles. The molecule has 0 aliphatic rings. The van der Waals surface area contributed by atoms with Gasteiger partial charge < -0.3 is 5.11 Å². The molecule has 0 saturated carbocycles. The Labute approximate surface area is 103 Å². The summed E-state index contributed by atoms with van der Waals surface area (Å²) in [5.41, 5.74) is 1.45. The number of hydrogen-bond donors (Lipinski definition) is 1. The highest BCUT2D eigenvalue weighted by molar-refractivity contribution is 5.88. The molecule has 0 bridgehead atoms. The molecule has 2 rings (SSSR count). The van der Waals surface area contributed by atoms with Gasteiger partial charge in [-0.2, -0.15) is 0 Å². The summed E-state index contributed by atoms with van der Waals surface area (Å²) in [5.74, 6) is -1.60. The van der Waals surface area contributed by atoms with E-state index >= 15 is 0 Å². The van der Waals surface area contributed by atoms with Crippen LogP contribution in [-0.2, 0) is 0 Å². The van der Waals surface area contributed by atoms with Crippen molar-refractivity contribution >= 4 is 12.3 Å². The summed E-state index contributed by atoms with van der Waals surface area (Å²) in [4.78, 5) is 21.2. The fourth-order valence-electron chi connectivity index (χ4n) is 1.61. The average molecular weight is 244 g/mol. The number of carbonyl (C=O) groups is 2. The van der Waals surface area contributed by atoms with Gasteiger partial charge in [-0.05, 0) is 35.4 Å². The molecule has 0 amide bonds. The molecule has 3 nitrogen and oxygen atoms in total. The van der Waals surface area contributed by atoms with Gasteiger partial charge in [-0.1, -0.05) is 18.2 Å². The summed E-state index contributed by atoms with van der Waals surface area (Å²) >= 11 is 0. The largest absolute Gasteiger partial charge is 0.478 e. The first-order valence-electron chi connectivity index (χ1n) is 5.20. The Morgan fingerprint density at radius 1 is 1.06 bits per heavy atom. The highest BCUT2D eigenvalue weighted by atomic mass is 19.1. The van der Waals surface area contributed by atoms with Crippen LogP contribution in [0.1, 0.15) is 20.7 Å². The molecule has 18 heavy (non-hydrogen) atoms. The van der Waals surface area contributed by atoms with E-state index in [0.29, 0.717) is 17.4 Å². The van der Waals surface area contributed by atoms with Gasteiger partial charge in [-0.25, -0.2) is 9.18 Å². The lowest BCUT2D eigenvalue weighted by Crippen LogP contribution is -1.95. The van der Waals surface area contributed by atoms with Gasteiger partial charge in [0.2, 0.25) is 0 Å². The Hall–Kier alpha value is -2.49. The van der Waals surface area contributed by atoms with Gasteiger partial charge in [0.1, 0.15) is 5.82 Å². The number of aromatic carboxylic acids is 1. The average Bonchev–Trinajstić information content (AvgIpc) is 2.38. The molecule has 0 spiro atoms. The van der Waals surface area contributed by atoms with Crippen LogP contribution in [0.2, 0.25) is 0 Å². The molecule has 0 saturated heterocycles. The van der Waals surface area contributed by atoms with Crippen LogP contribution < -0.4 is 0 Å². The molecule has 90 valence electrons. The molecule has 0 fully saturated rings. The number of benzene rings is 2. The van der Waals surface area contributed by atoms with E-state index in [-0.39, 0.29) is 11.1 Å². The molecular formula is C14H9FO3. The molecule has 2 aromatic rings. The topological polar surface area (TPSA) is 54.4 Å². The number of carboxylic acid groups (broad SMARTS) is 1. The summed E-state index contributed by atoms with van der Waals surface area (Å²) in [6.07, 6.45) is 0.451. The van der Waals surface area contributed by atoms with E-state index in [1.54, 1.807) is 18.2 Å². The molecule has 0 heterocycles. The number of carbonyl (C=O) groups excluding carboxylic acids is 1. The third-order valence-electron chi connectivity index (χ3n) is 2.59. The highest BCUT2D eigenvalue weighted by Gasteiger charge is 2.06. The Morgan fingerprint density at radius 2 is 1.67 bits per heavy atom. The van der Waals surface area contributed by atoms with Gasteiger partial charge in [0, 0.05) is 0 Å². The van der Waals surface area contributed by atoms with E-state index in [1.165, 1.54) is 24.3 Å². The van der Waals surface area contributed by atoms with E-state index in [1.807, 2.05) is 0 Å². The van der Waals surface area contributed by atoms with E-state index in [0.717, 1.165) is 0 Å². The zero-order valence-electron chi connectivity index (χ0n) is 9.26. The van der Waals surface area contributed by atoms with Crippen molar-refractivity contribution < 1.29 is 19.1 Å². The monoisotopic (exact) mass is 244 g/mol.